The number of nitrogens with zero attached hydrogens (tertiary/aromatic N) is 1. The van der Waals surface area contributed by atoms with Gasteiger partial charge in [-0.3, -0.25) is 9.69 Å². The average molecular weight is 291 g/mol. The molecular formula is C17H29N3O. The molecule has 0 aliphatic heterocycles. The molecule has 0 radical (unpaired) electrons. The van der Waals surface area contributed by atoms with Crippen molar-refractivity contribution >= 4 is 11.6 Å². The van der Waals surface area contributed by atoms with E-state index >= 15 is 0 Å². The van der Waals surface area contributed by atoms with Crippen molar-refractivity contribution in [3.05, 3.63) is 29.8 Å². The topological polar surface area (TPSA) is 58.4 Å². The van der Waals surface area contributed by atoms with Gasteiger partial charge in [0, 0.05) is 17.8 Å². The lowest BCUT2D eigenvalue weighted by molar-refractivity contribution is -0.119. The van der Waals surface area contributed by atoms with Crippen LogP contribution in [0.1, 0.15) is 39.2 Å². The second-order valence-electron chi connectivity index (χ2n) is 5.56. The van der Waals surface area contributed by atoms with Crippen molar-refractivity contribution in [3.63, 3.8) is 0 Å². The number of aryl methyl sites for hydroxylation is 1. The fraction of sp³-hybridized carbons (Fsp3) is 0.588. The highest BCUT2D eigenvalue weighted by Gasteiger charge is 2.32. The van der Waals surface area contributed by atoms with Crippen LogP contribution < -0.4 is 11.1 Å². The minimum Gasteiger partial charge on any atom is -0.329 e. The van der Waals surface area contributed by atoms with Gasteiger partial charge in [-0.25, -0.2) is 0 Å². The van der Waals surface area contributed by atoms with E-state index in [-0.39, 0.29) is 11.4 Å². The van der Waals surface area contributed by atoms with Gasteiger partial charge in [0.1, 0.15) is 0 Å². The standard InChI is InChI=1S/C17H29N3O/c1-5-17(6-2,13-18)20(7-3)12-16(21)19-15-10-8-14(4)9-11-15/h8-11H,5-7,12-13,18H2,1-4H3,(H,19,21). The number of carbonyl (C=O) groups is 1. The van der Waals surface area contributed by atoms with Crippen molar-refractivity contribution in [1.29, 1.82) is 0 Å². The van der Waals surface area contributed by atoms with Crippen LogP contribution in [0.4, 0.5) is 5.69 Å². The van der Waals surface area contributed by atoms with E-state index in [1.165, 1.54) is 5.56 Å². The van der Waals surface area contributed by atoms with Crippen LogP contribution in [0.2, 0.25) is 0 Å². The van der Waals surface area contributed by atoms with Gasteiger partial charge in [0.2, 0.25) is 5.91 Å². The predicted molar refractivity (Wildman–Crippen MR) is 89.4 cm³/mol. The second-order valence-corrected chi connectivity index (χ2v) is 5.56. The van der Waals surface area contributed by atoms with Gasteiger partial charge in [-0.1, -0.05) is 38.5 Å². The first-order valence-electron chi connectivity index (χ1n) is 7.83. The predicted octanol–water partition coefficient (Wildman–Crippen LogP) is 2.77. The maximum atomic E-state index is 12.3. The number of benzene rings is 1. The molecule has 0 atom stereocenters. The lowest BCUT2D eigenvalue weighted by Gasteiger charge is -2.41. The summed E-state index contributed by atoms with van der Waals surface area (Å²) in [5, 5.41) is 2.96. The van der Waals surface area contributed by atoms with E-state index in [2.05, 4.69) is 31.0 Å². The van der Waals surface area contributed by atoms with Crippen LogP contribution in [0.5, 0.6) is 0 Å². The Labute approximate surface area is 128 Å². The molecule has 0 aliphatic carbocycles. The molecular weight excluding hydrogens is 262 g/mol. The highest BCUT2D eigenvalue weighted by Crippen LogP contribution is 2.22. The molecule has 0 aliphatic rings. The van der Waals surface area contributed by atoms with Crippen LogP contribution in [0.15, 0.2) is 24.3 Å². The SMILES string of the molecule is CCN(CC(=O)Nc1ccc(C)cc1)C(CC)(CC)CN. The number of hydrogen-bond donors (Lipinski definition) is 2. The lowest BCUT2D eigenvalue weighted by Crippen LogP contribution is -2.55. The number of rotatable bonds is 8. The number of anilines is 1. The Kier molecular flexibility index (Phi) is 6.85. The molecule has 1 rings (SSSR count). The number of nitrogens with two attached hydrogens (primary N) is 1. The molecule has 0 bridgehead atoms. The normalized spacial score (nSPS) is 11.7. The number of hydrogen-bond acceptors (Lipinski definition) is 3. The Morgan fingerprint density at radius 2 is 1.76 bits per heavy atom. The monoisotopic (exact) mass is 291 g/mol. The van der Waals surface area contributed by atoms with E-state index in [0.717, 1.165) is 25.1 Å². The molecule has 4 heteroatoms. The Balaban J connectivity index is 2.72. The molecule has 0 heterocycles. The van der Waals surface area contributed by atoms with E-state index in [4.69, 9.17) is 5.73 Å². The van der Waals surface area contributed by atoms with Crippen molar-refractivity contribution in [2.24, 2.45) is 5.73 Å². The zero-order valence-electron chi connectivity index (χ0n) is 13.8. The Hall–Kier alpha value is -1.39. The number of carbonyl (C=O) groups excluding carboxylic acids is 1. The number of likely N-dealkylation sites (N-methyl/N-ethyl adjacent to an activating group) is 1. The molecule has 4 nitrogen and oxygen atoms in total. The molecule has 0 aromatic heterocycles. The second kappa shape index (κ2) is 8.15. The minimum absolute atomic E-state index is 0.0143. The summed E-state index contributed by atoms with van der Waals surface area (Å²) in [4.78, 5) is 14.5. The summed E-state index contributed by atoms with van der Waals surface area (Å²) in [5.74, 6) is 0.0143. The molecule has 0 saturated carbocycles. The zero-order chi connectivity index (χ0) is 15.9. The van der Waals surface area contributed by atoms with Gasteiger partial charge in [0.15, 0.2) is 0 Å². The van der Waals surface area contributed by atoms with Gasteiger partial charge < -0.3 is 11.1 Å². The first kappa shape index (κ1) is 17.7. The fourth-order valence-electron chi connectivity index (χ4n) is 2.74. The van der Waals surface area contributed by atoms with Crippen LogP contribution in [0, 0.1) is 6.92 Å². The van der Waals surface area contributed by atoms with Crippen molar-refractivity contribution < 1.29 is 4.79 Å². The third-order valence-electron chi connectivity index (χ3n) is 4.42. The summed E-state index contributed by atoms with van der Waals surface area (Å²) in [6.45, 7) is 10.2. The first-order valence-corrected chi connectivity index (χ1v) is 7.83. The van der Waals surface area contributed by atoms with Gasteiger partial charge >= 0.3 is 0 Å². The highest BCUT2D eigenvalue weighted by atomic mass is 16.2. The summed E-state index contributed by atoms with van der Waals surface area (Å²) in [7, 11) is 0. The molecule has 1 aromatic rings. The smallest absolute Gasteiger partial charge is 0.238 e. The third-order valence-corrected chi connectivity index (χ3v) is 4.42. The quantitative estimate of drug-likeness (QED) is 0.774. The number of nitrogens with one attached hydrogen (secondary N) is 1. The molecule has 0 fully saturated rings. The van der Waals surface area contributed by atoms with Crippen molar-refractivity contribution in [2.45, 2.75) is 46.1 Å². The van der Waals surface area contributed by atoms with Crippen molar-refractivity contribution in [1.82, 2.24) is 4.90 Å². The largest absolute Gasteiger partial charge is 0.329 e. The van der Waals surface area contributed by atoms with Gasteiger partial charge in [0.05, 0.1) is 6.54 Å². The maximum absolute atomic E-state index is 12.3. The summed E-state index contributed by atoms with van der Waals surface area (Å²) in [5.41, 5.74) is 7.92. The van der Waals surface area contributed by atoms with Crippen LogP contribution in [-0.4, -0.2) is 36.0 Å². The lowest BCUT2D eigenvalue weighted by atomic mass is 9.90. The Morgan fingerprint density at radius 3 is 2.19 bits per heavy atom. The van der Waals surface area contributed by atoms with Crippen LogP contribution in [-0.2, 0) is 4.79 Å². The molecule has 1 aromatic carbocycles. The highest BCUT2D eigenvalue weighted by molar-refractivity contribution is 5.92. The summed E-state index contributed by atoms with van der Waals surface area (Å²) >= 11 is 0. The van der Waals surface area contributed by atoms with Gasteiger partial charge in [-0.2, -0.15) is 0 Å². The van der Waals surface area contributed by atoms with Crippen LogP contribution in [0.25, 0.3) is 0 Å². The minimum atomic E-state index is -0.0840. The molecule has 0 spiro atoms. The van der Waals surface area contributed by atoms with E-state index in [1.807, 2.05) is 31.2 Å². The average Bonchev–Trinajstić information content (AvgIpc) is 2.50. The van der Waals surface area contributed by atoms with E-state index in [1.54, 1.807) is 0 Å². The number of amides is 1. The molecule has 0 saturated heterocycles. The summed E-state index contributed by atoms with van der Waals surface area (Å²) in [6, 6.07) is 7.85. The van der Waals surface area contributed by atoms with Crippen molar-refractivity contribution in [2.75, 3.05) is 25.0 Å². The molecule has 0 unspecified atom stereocenters. The summed E-state index contributed by atoms with van der Waals surface area (Å²) in [6.07, 6.45) is 1.90. The van der Waals surface area contributed by atoms with Gasteiger partial charge in [-0.05, 0) is 38.4 Å². The summed E-state index contributed by atoms with van der Waals surface area (Å²) < 4.78 is 0. The van der Waals surface area contributed by atoms with Gasteiger partial charge in [0.25, 0.3) is 0 Å². The molecule has 118 valence electrons. The zero-order valence-corrected chi connectivity index (χ0v) is 13.8. The van der Waals surface area contributed by atoms with Crippen molar-refractivity contribution in [3.8, 4) is 0 Å². The van der Waals surface area contributed by atoms with E-state index < -0.39 is 0 Å². The molecule has 3 N–H and O–H groups in total. The Bertz CT molecular complexity index is 430. The van der Waals surface area contributed by atoms with E-state index in [9.17, 15) is 4.79 Å². The molecule has 21 heavy (non-hydrogen) atoms. The van der Waals surface area contributed by atoms with Crippen LogP contribution in [0.3, 0.4) is 0 Å². The molecule has 1 amide bonds. The third kappa shape index (κ3) is 4.55. The first-order chi connectivity index (χ1) is 10.0. The fourth-order valence-corrected chi connectivity index (χ4v) is 2.74. The Morgan fingerprint density at radius 1 is 1.19 bits per heavy atom. The van der Waals surface area contributed by atoms with Gasteiger partial charge in [-0.15, -0.1) is 0 Å². The van der Waals surface area contributed by atoms with E-state index in [0.29, 0.717) is 13.1 Å². The van der Waals surface area contributed by atoms with Crippen LogP contribution >= 0.6 is 0 Å². The maximum Gasteiger partial charge on any atom is 0.238 e.